The summed E-state index contributed by atoms with van der Waals surface area (Å²) < 4.78 is 13.9. The Morgan fingerprint density at radius 1 is 1.28 bits per heavy atom. The molecule has 1 aromatic rings. The van der Waals surface area contributed by atoms with Gasteiger partial charge in [-0.15, -0.1) is 0 Å². The Hall–Kier alpha value is -1.45. The molecule has 96 valence electrons. The molecular weight excluding hydrogens is 231 g/mol. The minimum atomic E-state index is -0.377. The lowest BCUT2D eigenvalue weighted by Gasteiger charge is -2.22. The lowest BCUT2D eigenvalue weighted by Crippen LogP contribution is -2.22. The van der Waals surface area contributed by atoms with Gasteiger partial charge in [0.1, 0.15) is 0 Å². The van der Waals surface area contributed by atoms with Gasteiger partial charge in [-0.3, -0.25) is 4.79 Å². The van der Waals surface area contributed by atoms with Gasteiger partial charge in [0.05, 0.1) is 0 Å². The maximum Gasteiger partial charge on any atom is 0.166 e. The average Bonchev–Trinajstić information content (AvgIpc) is 2.81. The molecule has 2 atom stereocenters. The van der Waals surface area contributed by atoms with Crippen LogP contribution in [0.2, 0.25) is 0 Å². The highest BCUT2D eigenvalue weighted by molar-refractivity contribution is 5.74. The monoisotopic (exact) mass is 248 g/mol. The molecule has 3 rings (SSSR count). The van der Waals surface area contributed by atoms with Gasteiger partial charge in [0.15, 0.2) is 17.9 Å². The molecule has 0 spiro atoms. The fraction of sp³-hybridized carbons (Fsp3) is 0.571. The number of rotatable bonds is 2. The molecule has 2 heterocycles. The molecule has 2 aliphatic rings. The predicted molar refractivity (Wildman–Crippen MR) is 67.2 cm³/mol. The van der Waals surface area contributed by atoms with Crippen LogP contribution in [0.3, 0.4) is 0 Å². The second kappa shape index (κ2) is 4.67. The summed E-state index contributed by atoms with van der Waals surface area (Å²) >= 11 is 0. The Balaban J connectivity index is 1.81. The van der Waals surface area contributed by atoms with Gasteiger partial charge < -0.3 is 4.90 Å². The molecule has 18 heavy (non-hydrogen) atoms. The van der Waals surface area contributed by atoms with Crippen LogP contribution >= 0.6 is 0 Å². The van der Waals surface area contributed by atoms with Crippen LogP contribution in [-0.4, -0.2) is 24.4 Å². The Morgan fingerprint density at radius 2 is 1.94 bits per heavy atom. The molecule has 0 amide bonds. The van der Waals surface area contributed by atoms with Gasteiger partial charge >= 0.3 is 0 Å². The first kappa shape index (κ1) is 11.6. The second-order valence-electron chi connectivity index (χ2n) is 5.40. The molecule has 0 aromatic carbocycles. The van der Waals surface area contributed by atoms with E-state index in [1.807, 2.05) is 4.90 Å². The molecule has 0 radical (unpaired) electrons. The predicted octanol–water partition coefficient (Wildman–Crippen LogP) is 2.66. The molecule has 2 fully saturated rings. The zero-order chi connectivity index (χ0) is 12.5. The van der Waals surface area contributed by atoms with Crippen LogP contribution in [0.15, 0.2) is 12.3 Å². The minimum Gasteiger partial charge on any atom is -0.354 e. The number of hydrogen-bond acceptors (Lipinski definition) is 3. The Morgan fingerprint density at radius 3 is 2.50 bits per heavy atom. The number of carbonyl (C=O) groups excluding carboxylic acids is 1. The number of halogens is 1. The summed E-state index contributed by atoms with van der Waals surface area (Å²) in [5.41, 5.74) is 0.299. The summed E-state index contributed by atoms with van der Waals surface area (Å²) in [6.45, 7) is 1.82. The van der Waals surface area contributed by atoms with Gasteiger partial charge in [0.25, 0.3) is 0 Å². The number of hydrogen-bond donors (Lipinski definition) is 0. The van der Waals surface area contributed by atoms with E-state index in [1.165, 1.54) is 37.9 Å². The lowest BCUT2D eigenvalue weighted by molar-refractivity contribution is 0.112. The zero-order valence-electron chi connectivity index (χ0n) is 10.3. The van der Waals surface area contributed by atoms with Crippen LogP contribution in [0.1, 0.15) is 36.0 Å². The van der Waals surface area contributed by atoms with E-state index in [0.717, 1.165) is 13.1 Å². The van der Waals surface area contributed by atoms with Gasteiger partial charge in [-0.1, -0.05) is 12.8 Å². The number of aromatic nitrogens is 1. The third-order valence-electron chi connectivity index (χ3n) is 4.25. The van der Waals surface area contributed by atoms with Crippen LogP contribution in [0.5, 0.6) is 0 Å². The number of pyridine rings is 1. The lowest BCUT2D eigenvalue weighted by atomic mass is 9.82. The fourth-order valence-corrected chi connectivity index (χ4v) is 3.32. The van der Waals surface area contributed by atoms with Gasteiger partial charge in [-0.25, -0.2) is 9.37 Å². The molecule has 1 aromatic heterocycles. The van der Waals surface area contributed by atoms with Crippen molar-refractivity contribution in [3.8, 4) is 0 Å². The summed E-state index contributed by atoms with van der Waals surface area (Å²) in [5.74, 6) is 1.43. The van der Waals surface area contributed by atoms with E-state index in [-0.39, 0.29) is 5.82 Å². The van der Waals surface area contributed by atoms with Gasteiger partial charge in [-0.05, 0) is 30.7 Å². The highest BCUT2D eigenvalue weighted by Gasteiger charge is 2.35. The van der Waals surface area contributed by atoms with Crippen LogP contribution in [-0.2, 0) is 0 Å². The first-order valence-corrected chi connectivity index (χ1v) is 6.63. The topological polar surface area (TPSA) is 33.2 Å². The average molecular weight is 248 g/mol. The number of aldehydes is 1. The molecular formula is C14H17FN2O. The number of fused-ring (bicyclic) bond motifs is 1. The van der Waals surface area contributed by atoms with Crippen molar-refractivity contribution in [1.29, 1.82) is 0 Å². The van der Waals surface area contributed by atoms with Crippen molar-refractivity contribution in [2.24, 2.45) is 11.8 Å². The summed E-state index contributed by atoms with van der Waals surface area (Å²) in [7, 11) is 0. The van der Waals surface area contributed by atoms with Crippen LogP contribution in [0, 0.1) is 17.7 Å². The maximum absolute atomic E-state index is 13.9. The second-order valence-corrected chi connectivity index (χ2v) is 5.40. The SMILES string of the molecule is O=Cc1cnc(N2CC3CCCCC3C2)c(F)c1. The van der Waals surface area contributed by atoms with Crippen molar-refractivity contribution in [1.82, 2.24) is 4.98 Å². The molecule has 3 nitrogen and oxygen atoms in total. The van der Waals surface area contributed by atoms with Gasteiger partial charge in [0.2, 0.25) is 0 Å². The van der Waals surface area contributed by atoms with Gasteiger partial charge in [0, 0.05) is 24.8 Å². The standard InChI is InChI=1S/C14H17FN2O/c15-13-5-10(9-18)6-16-14(13)17-7-11-3-1-2-4-12(11)8-17/h5-6,9,11-12H,1-4,7-8H2. The molecule has 0 N–H and O–H groups in total. The Bertz CT molecular complexity index is 449. The van der Waals surface area contributed by atoms with E-state index in [1.54, 1.807) is 0 Å². The number of carbonyl (C=O) groups is 1. The molecule has 0 bridgehead atoms. The molecule has 1 saturated carbocycles. The summed E-state index contributed by atoms with van der Waals surface area (Å²) in [6, 6.07) is 1.28. The summed E-state index contributed by atoms with van der Waals surface area (Å²) in [5, 5.41) is 0. The highest BCUT2D eigenvalue weighted by atomic mass is 19.1. The Labute approximate surface area is 106 Å². The normalized spacial score (nSPS) is 27.1. The summed E-state index contributed by atoms with van der Waals surface area (Å²) in [6.07, 6.45) is 7.20. The van der Waals surface area contributed by atoms with Crippen molar-refractivity contribution in [3.63, 3.8) is 0 Å². The third-order valence-corrected chi connectivity index (χ3v) is 4.25. The third kappa shape index (κ3) is 2.00. The molecule has 1 saturated heterocycles. The molecule has 4 heteroatoms. The molecule has 1 aliphatic carbocycles. The number of anilines is 1. The Kier molecular flexibility index (Phi) is 3.02. The van der Waals surface area contributed by atoms with Crippen LogP contribution in [0.4, 0.5) is 10.2 Å². The van der Waals surface area contributed by atoms with E-state index < -0.39 is 0 Å². The van der Waals surface area contributed by atoms with E-state index in [4.69, 9.17) is 0 Å². The molecule has 2 unspecified atom stereocenters. The zero-order valence-corrected chi connectivity index (χ0v) is 10.3. The maximum atomic E-state index is 13.9. The van der Waals surface area contributed by atoms with Gasteiger partial charge in [-0.2, -0.15) is 0 Å². The van der Waals surface area contributed by atoms with Crippen LogP contribution < -0.4 is 4.90 Å². The van der Waals surface area contributed by atoms with E-state index in [0.29, 0.717) is 29.5 Å². The van der Waals surface area contributed by atoms with E-state index >= 15 is 0 Å². The number of nitrogens with zero attached hydrogens (tertiary/aromatic N) is 2. The van der Waals surface area contributed by atoms with Crippen LogP contribution in [0.25, 0.3) is 0 Å². The van der Waals surface area contributed by atoms with E-state index in [2.05, 4.69) is 4.98 Å². The first-order chi connectivity index (χ1) is 8.78. The van der Waals surface area contributed by atoms with Crippen molar-refractivity contribution in [2.45, 2.75) is 25.7 Å². The smallest absolute Gasteiger partial charge is 0.166 e. The fourth-order valence-electron chi connectivity index (χ4n) is 3.32. The first-order valence-electron chi connectivity index (χ1n) is 6.63. The van der Waals surface area contributed by atoms with E-state index in [9.17, 15) is 9.18 Å². The molecule has 1 aliphatic heterocycles. The minimum absolute atomic E-state index is 0.299. The van der Waals surface area contributed by atoms with Crippen molar-refractivity contribution in [2.75, 3.05) is 18.0 Å². The largest absolute Gasteiger partial charge is 0.354 e. The van der Waals surface area contributed by atoms with Crippen molar-refractivity contribution >= 4 is 12.1 Å². The van der Waals surface area contributed by atoms with Crippen molar-refractivity contribution in [3.05, 3.63) is 23.6 Å². The van der Waals surface area contributed by atoms with Crippen molar-refractivity contribution < 1.29 is 9.18 Å². The summed E-state index contributed by atoms with van der Waals surface area (Å²) in [4.78, 5) is 16.7. The quantitative estimate of drug-likeness (QED) is 0.754. The highest BCUT2D eigenvalue weighted by Crippen LogP contribution is 2.37.